The smallest absolute Gasteiger partial charge is 0.358 e. The highest BCUT2D eigenvalue weighted by Crippen LogP contribution is 2.42. The number of fused-ring (bicyclic) bond motifs is 3. The van der Waals surface area contributed by atoms with Gasteiger partial charge in [-0.3, -0.25) is 14.6 Å². The molecule has 1 fully saturated rings. The third-order valence-electron chi connectivity index (χ3n) is 7.20. The maximum absolute atomic E-state index is 15.4. The molecule has 0 saturated carbocycles. The summed E-state index contributed by atoms with van der Waals surface area (Å²) in [7, 11) is 3.50. The quantitative estimate of drug-likeness (QED) is 0.387. The average Bonchev–Trinajstić information content (AvgIpc) is 3.52. The Bertz CT molecular complexity index is 1640. The summed E-state index contributed by atoms with van der Waals surface area (Å²) in [6.07, 6.45) is 5.85. The van der Waals surface area contributed by atoms with Crippen LogP contribution in [0.5, 0.6) is 0 Å². The lowest BCUT2D eigenvalue weighted by atomic mass is 9.86. The zero-order valence-electron chi connectivity index (χ0n) is 20.6. The Labute approximate surface area is 210 Å². The highest BCUT2D eigenvalue weighted by molar-refractivity contribution is 6.11. The van der Waals surface area contributed by atoms with Crippen LogP contribution >= 0.6 is 0 Å². The lowest BCUT2D eigenvalue weighted by Crippen LogP contribution is -2.28. The van der Waals surface area contributed by atoms with Crippen molar-refractivity contribution >= 4 is 28.0 Å². The number of hydrogen-bond donors (Lipinski definition) is 1. The number of hydrogen-bond acceptors (Lipinski definition) is 7. The number of aryl methyl sites for hydroxylation is 3. The van der Waals surface area contributed by atoms with Crippen LogP contribution in [0.3, 0.4) is 0 Å². The Balaban J connectivity index is 1.74. The van der Waals surface area contributed by atoms with Gasteiger partial charge >= 0.3 is 5.97 Å². The van der Waals surface area contributed by atoms with E-state index >= 15 is 4.39 Å². The van der Waals surface area contributed by atoms with Gasteiger partial charge in [0.25, 0.3) is 0 Å². The minimum absolute atomic E-state index is 0.0185. The molecule has 1 saturated heterocycles. The zero-order valence-corrected chi connectivity index (χ0v) is 20.6. The predicted octanol–water partition coefficient (Wildman–Crippen LogP) is 3.28. The van der Waals surface area contributed by atoms with Crippen molar-refractivity contribution in [1.82, 2.24) is 39.3 Å². The molecule has 0 radical (unpaired) electrons. The van der Waals surface area contributed by atoms with E-state index in [1.54, 1.807) is 37.2 Å². The van der Waals surface area contributed by atoms with Gasteiger partial charge < -0.3 is 14.4 Å². The molecule has 5 aromatic heterocycles. The maximum atomic E-state index is 15.4. The first kappa shape index (κ1) is 23.2. The fourth-order valence-electron chi connectivity index (χ4n) is 5.63. The average molecular weight is 505 g/mol. The third-order valence-corrected chi connectivity index (χ3v) is 7.20. The number of nitrogens with zero attached hydrogens (tertiary/aromatic N) is 8. The molecule has 37 heavy (non-hydrogen) atoms. The topological polar surface area (TPSA) is 126 Å². The molecule has 11 nitrogen and oxygen atoms in total. The molecule has 1 N–H and O–H groups in total. The van der Waals surface area contributed by atoms with Crippen molar-refractivity contribution in [3.05, 3.63) is 53.5 Å². The molecule has 6 rings (SSSR count). The van der Waals surface area contributed by atoms with Gasteiger partial charge in [0.2, 0.25) is 0 Å². The largest absolute Gasteiger partial charge is 0.476 e. The maximum Gasteiger partial charge on any atom is 0.358 e. The van der Waals surface area contributed by atoms with Crippen LogP contribution in [0.15, 0.2) is 30.7 Å². The summed E-state index contributed by atoms with van der Waals surface area (Å²) >= 11 is 0. The summed E-state index contributed by atoms with van der Waals surface area (Å²) in [6.45, 7) is 2.95. The summed E-state index contributed by atoms with van der Waals surface area (Å²) in [6, 6.07) is 3.08. The monoisotopic (exact) mass is 504 g/mol. The Morgan fingerprint density at radius 3 is 2.65 bits per heavy atom. The van der Waals surface area contributed by atoms with Gasteiger partial charge in [-0.1, -0.05) is 5.21 Å². The zero-order chi connectivity index (χ0) is 25.8. The normalized spacial score (nSPS) is 15.6. The van der Waals surface area contributed by atoms with E-state index < -0.39 is 17.8 Å². The molecule has 12 heteroatoms. The van der Waals surface area contributed by atoms with E-state index in [-0.39, 0.29) is 11.6 Å². The number of aromatic nitrogens is 8. The van der Waals surface area contributed by atoms with Gasteiger partial charge in [0, 0.05) is 50.8 Å². The van der Waals surface area contributed by atoms with Gasteiger partial charge in [-0.25, -0.2) is 13.9 Å². The van der Waals surface area contributed by atoms with Crippen LogP contribution in [0, 0.1) is 18.7 Å². The molecule has 1 atom stereocenters. The fourth-order valence-corrected chi connectivity index (χ4v) is 5.63. The number of ether oxygens (including phenoxy) is 1. The van der Waals surface area contributed by atoms with E-state index in [1.165, 1.54) is 10.9 Å². The van der Waals surface area contributed by atoms with Crippen LogP contribution in [-0.4, -0.2) is 63.6 Å². The van der Waals surface area contributed by atoms with Gasteiger partial charge in [0.1, 0.15) is 22.4 Å². The molecule has 0 aromatic carbocycles. The van der Waals surface area contributed by atoms with Crippen molar-refractivity contribution in [1.29, 1.82) is 0 Å². The lowest BCUT2D eigenvalue weighted by Gasteiger charge is -2.33. The van der Waals surface area contributed by atoms with Crippen molar-refractivity contribution in [3.63, 3.8) is 0 Å². The van der Waals surface area contributed by atoms with E-state index in [2.05, 4.69) is 20.4 Å². The van der Waals surface area contributed by atoms with E-state index in [1.807, 2.05) is 17.6 Å². The molecule has 0 bridgehead atoms. The molecule has 5 aromatic rings. The molecule has 1 aliphatic heterocycles. The summed E-state index contributed by atoms with van der Waals surface area (Å²) in [4.78, 5) is 21.1. The first-order chi connectivity index (χ1) is 17.9. The van der Waals surface area contributed by atoms with E-state index in [0.29, 0.717) is 53.7 Å². The third kappa shape index (κ3) is 3.58. The second kappa shape index (κ2) is 8.73. The SMILES string of the molecule is Cc1nnn(C)c1-c1cnc2c3c(c(C(=O)O)nn3C)n(C(c3ccncc3F)C3CCOCC3)c2c1. The number of halogens is 1. The number of rotatable bonds is 5. The summed E-state index contributed by atoms with van der Waals surface area (Å²) in [5, 5.41) is 22.7. The van der Waals surface area contributed by atoms with Crippen LogP contribution < -0.4 is 0 Å². The summed E-state index contributed by atoms with van der Waals surface area (Å²) in [5.41, 5.74) is 4.86. The number of carbonyl (C=O) groups is 1. The minimum Gasteiger partial charge on any atom is -0.476 e. The van der Waals surface area contributed by atoms with E-state index in [4.69, 9.17) is 9.72 Å². The van der Waals surface area contributed by atoms with Crippen molar-refractivity contribution < 1.29 is 19.0 Å². The fraction of sp³-hybridized carbons (Fsp3) is 0.360. The Morgan fingerprint density at radius 1 is 1.19 bits per heavy atom. The van der Waals surface area contributed by atoms with E-state index in [9.17, 15) is 9.90 Å². The van der Waals surface area contributed by atoms with Crippen molar-refractivity contribution in [2.24, 2.45) is 20.0 Å². The summed E-state index contributed by atoms with van der Waals surface area (Å²) in [5.74, 6) is -1.64. The molecule has 0 amide bonds. The van der Waals surface area contributed by atoms with Gasteiger partial charge in [-0.2, -0.15) is 5.10 Å². The Hall–Kier alpha value is -4.19. The first-order valence-electron chi connectivity index (χ1n) is 12.0. The highest BCUT2D eigenvalue weighted by atomic mass is 19.1. The van der Waals surface area contributed by atoms with Crippen molar-refractivity contribution in [2.45, 2.75) is 25.8 Å². The van der Waals surface area contributed by atoms with Crippen LogP contribution in [-0.2, 0) is 18.8 Å². The number of pyridine rings is 2. The molecule has 6 heterocycles. The molecular weight excluding hydrogens is 479 g/mol. The molecule has 190 valence electrons. The van der Waals surface area contributed by atoms with Gasteiger partial charge in [0.15, 0.2) is 5.69 Å². The molecule has 0 aliphatic carbocycles. The van der Waals surface area contributed by atoms with Crippen LogP contribution in [0.1, 0.15) is 40.6 Å². The van der Waals surface area contributed by atoms with Crippen LogP contribution in [0.25, 0.3) is 33.3 Å². The Morgan fingerprint density at radius 2 is 1.97 bits per heavy atom. The van der Waals surface area contributed by atoms with E-state index in [0.717, 1.165) is 17.0 Å². The highest BCUT2D eigenvalue weighted by Gasteiger charge is 2.35. The standard InChI is InChI=1S/C25H25FN8O3/c1-13-21(33(3)31-29-13)15-10-18-19(28-11-15)23-24(20(25(35)36)30-32(23)2)34(18)22(14-5-8-37-9-6-14)16-4-7-27-12-17(16)26/h4,7,10-12,14,22H,5-6,8-9H2,1-3H3,(H,35,36). The predicted molar refractivity (Wildman–Crippen MR) is 132 cm³/mol. The number of carboxylic acid groups (broad SMARTS) is 1. The second-order valence-electron chi connectivity index (χ2n) is 9.38. The minimum atomic E-state index is -1.16. The van der Waals surface area contributed by atoms with Gasteiger partial charge in [-0.15, -0.1) is 5.10 Å². The second-order valence-corrected chi connectivity index (χ2v) is 9.38. The lowest BCUT2D eigenvalue weighted by molar-refractivity contribution is 0.0547. The number of aromatic carboxylic acids is 1. The first-order valence-corrected chi connectivity index (χ1v) is 12.0. The molecule has 0 spiro atoms. The molecule has 1 unspecified atom stereocenters. The van der Waals surface area contributed by atoms with Crippen molar-refractivity contribution in [2.75, 3.05) is 13.2 Å². The van der Waals surface area contributed by atoms with Gasteiger partial charge in [0.05, 0.1) is 29.1 Å². The van der Waals surface area contributed by atoms with Crippen LogP contribution in [0.4, 0.5) is 4.39 Å². The molecule has 1 aliphatic rings. The Kier molecular flexibility index (Phi) is 5.48. The van der Waals surface area contributed by atoms with Crippen molar-refractivity contribution in [3.8, 4) is 11.3 Å². The molecular formula is C25H25FN8O3. The summed E-state index contributed by atoms with van der Waals surface area (Å²) < 4.78 is 26.1. The number of carboxylic acids is 1. The van der Waals surface area contributed by atoms with Crippen LogP contribution in [0.2, 0.25) is 0 Å². The van der Waals surface area contributed by atoms with Gasteiger partial charge in [-0.05, 0) is 37.8 Å².